The lowest BCUT2D eigenvalue weighted by molar-refractivity contribution is -0.384. The lowest BCUT2D eigenvalue weighted by Crippen LogP contribution is -2.45. The fraction of sp³-hybridized carbons (Fsp3) is 0.444. The Balaban J connectivity index is 2.18. The number of nitro benzene ring substituents is 1. The number of aromatic nitrogens is 2. The average Bonchev–Trinajstić information content (AvgIpc) is 2.93. The van der Waals surface area contributed by atoms with Crippen LogP contribution < -0.4 is 5.32 Å². The molecule has 1 aromatic carbocycles. The number of amides is 1. The van der Waals surface area contributed by atoms with Crippen LogP contribution in [0.25, 0.3) is 0 Å². The van der Waals surface area contributed by atoms with Crippen LogP contribution in [0.5, 0.6) is 0 Å². The second-order valence-electron chi connectivity index (χ2n) is 6.44. The van der Waals surface area contributed by atoms with Crippen LogP contribution >= 0.6 is 11.6 Å². The second-order valence-corrected chi connectivity index (χ2v) is 6.82. The second kappa shape index (κ2) is 9.13. The van der Waals surface area contributed by atoms with E-state index in [9.17, 15) is 25.1 Å². The highest BCUT2D eigenvalue weighted by Gasteiger charge is 2.28. The first-order valence-corrected chi connectivity index (χ1v) is 9.13. The summed E-state index contributed by atoms with van der Waals surface area (Å²) in [7, 11) is 0. The van der Waals surface area contributed by atoms with Crippen molar-refractivity contribution in [3.63, 3.8) is 0 Å². The van der Waals surface area contributed by atoms with E-state index in [4.69, 9.17) is 11.6 Å². The molecule has 28 heavy (non-hydrogen) atoms. The van der Waals surface area contributed by atoms with E-state index < -0.39 is 35.6 Å². The quantitative estimate of drug-likeness (QED) is 0.451. The Bertz CT molecular complexity index is 852. The Morgan fingerprint density at radius 1 is 1.36 bits per heavy atom. The van der Waals surface area contributed by atoms with Crippen molar-refractivity contribution in [3.8, 4) is 0 Å². The van der Waals surface area contributed by atoms with Crippen LogP contribution in [0.15, 0.2) is 24.3 Å². The predicted octanol–water partition coefficient (Wildman–Crippen LogP) is 2.22. The third kappa shape index (κ3) is 4.49. The van der Waals surface area contributed by atoms with E-state index in [0.29, 0.717) is 28.4 Å². The fourth-order valence-electron chi connectivity index (χ4n) is 2.94. The van der Waals surface area contributed by atoms with Gasteiger partial charge < -0.3 is 15.5 Å². The van der Waals surface area contributed by atoms with E-state index in [1.807, 2.05) is 6.92 Å². The maximum absolute atomic E-state index is 12.8. The first kappa shape index (κ1) is 21.8. The minimum atomic E-state index is -1.24. The summed E-state index contributed by atoms with van der Waals surface area (Å²) in [5.41, 5.74) is 1.48. The van der Waals surface area contributed by atoms with Crippen LogP contribution in [0.4, 0.5) is 5.69 Å². The number of aliphatic hydroxyl groups is 2. The van der Waals surface area contributed by atoms with Crippen LogP contribution in [0, 0.1) is 24.0 Å². The molecule has 3 N–H and O–H groups in total. The van der Waals surface area contributed by atoms with Crippen LogP contribution in [0.3, 0.4) is 0 Å². The molecule has 1 aromatic heterocycles. The summed E-state index contributed by atoms with van der Waals surface area (Å²) in [6.45, 7) is 4.80. The molecule has 0 aliphatic heterocycles. The van der Waals surface area contributed by atoms with E-state index in [0.717, 1.165) is 0 Å². The third-order valence-electron chi connectivity index (χ3n) is 4.57. The van der Waals surface area contributed by atoms with Gasteiger partial charge in [0, 0.05) is 12.1 Å². The number of carbonyl (C=O) groups is 1. The highest BCUT2D eigenvalue weighted by Crippen LogP contribution is 2.25. The van der Waals surface area contributed by atoms with Gasteiger partial charge in [-0.15, -0.1) is 0 Å². The lowest BCUT2D eigenvalue weighted by atomic mass is 10.0. The smallest absolute Gasteiger partial charge is 0.269 e. The Hall–Kier alpha value is -2.49. The van der Waals surface area contributed by atoms with Gasteiger partial charge in [-0.3, -0.25) is 19.6 Å². The van der Waals surface area contributed by atoms with Gasteiger partial charge in [0.1, 0.15) is 12.1 Å². The molecule has 0 fully saturated rings. The molecule has 0 saturated carbocycles. The van der Waals surface area contributed by atoms with Crippen LogP contribution in [-0.2, 0) is 4.79 Å². The zero-order valence-electron chi connectivity index (χ0n) is 15.8. The predicted molar refractivity (Wildman–Crippen MR) is 103 cm³/mol. The van der Waals surface area contributed by atoms with Gasteiger partial charge in [0.05, 0.1) is 34.0 Å². The third-order valence-corrected chi connectivity index (χ3v) is 5.12. The Morgan fingerprint density at radius 3 is 2.39 bits per heavy atom. The molecule has 9 nitrogen and oxygen atoms in total. The number of nitrogens with one attached hydrogen (secondary N) is 1. The number of non-ortho nitro benzene ring substituents is 1. The van der Waals surface area contributed by atoms with Crippen molar-refractivity contribution in [2.24, 2.45) is 0 Å². The number of nitro groups is 1. The summed E-state index contributed by atoms with van der Waals surface area (Å²) in [6.07, 6.45) is -0.813. The molecule has 0 spiro atoms. The van der Waals surface area contributed by atoms with Crippen molar-refractivity contribution < 1.29 is 19.9 Å². The largest absolute Gasteiger partial charge is 0.394 e. The molecule has 1 amide bonds. The molecule has 10 heteroatoms. The molecule has 2 rings (SSSR count). The molecule has 152 valence electrons. The number of benzene rings is 1. The number of rotatable bonds is 8. The zero-order chi connectivity index (χ0) is 21.0. The summed E-state index contributed by atoms with van der Waals surface area (Å²) < 4.78 is 1.53. The zero-order valence-corrected chi connectivity index (χ0v) is 16.6. The Labute approximate surface area is 167 Å². The molecule has 0 radical (unpaired) electrons. The molecule has 3 unspecified atom stereocenters. The maximum Gasteiger partial charge on any atom is 0.269 e. The minimum absolute atomic E-state index is 0.118. The van der Waals surface area contributed by atoms with E-state index in [2.05, 4.69) is 10.4 Å². The summed E-state index contributed by atoms with van der Waals surface area (Å²) >= 11 is 6.16. The van der Waals surface area contributed by atoms with E-state index in [1.165, 1.54) is 28.9 Å². The van der Waals surface area contributed by atoms with Crippen molar-refractivity contribution >= 4 is 23.2 Å². The molecule has 0 aliphatic carbocycles. The standard InChI is InChI=1S/C18H23ClN4O5/c1-4-15(22-11(3)16(19)10(2)21-22)18(26)20-14(9-24)17(25)12-5-7-13(8-6-12)23(27)28/h5-8,14-15,17,24-25H,4,9H2,1-3H3,(H,20,26). The number of nitrogens with zero attached hydrogens (tertiary/aromatic N) is 3. The van der Waals surface area contributed by atoms with Gasteiger partial charge in [0.2, 0.25) is 5.91 Å². The van der Waals surface area contributed by atoms with E-state index >= 15 is 0 Å². The van der Waals surface area contributed by atoms with Gasteiger partial charge in [-0.05, 0) is 38.0 Å². The van der Waals surface area contributed by atoms with Crippen molar-refractivity contribution in [1.82, 2.24) is 15.1 Å². The number of carbonyl (C=O) groups excluding carboxylic acids is 1. The van der Waals surface area contributed by atoms with Crippen molar-refractivity contribution in [2.45, 2.75) is 45.4 Å². The number of halogens is 1. The highest BCUT2D eigenvalue weighted by atomic mass is 35.5. The lowest BCUT2D eigenvalue weighted by Gasteiger charge is -2.25. The molecule has 0 aliphatic rings. The molecule has 3 atom stereocenters. The number of aliphatic hydroxyl groups excluding tert-OH is 2. The van der Waals surface area contributed by atoms with E-state index in [1.54, 1.807) is 13.8 Å². The molecular weight excluding hydrogens is 388 g/mol. The average molecular weight is 411 g/mol. The topological polar surface area (TPSA) is 131 Å². The fourth-order valence-corrected chi connectivity index (χ4v) is 3.07. The molecule has 0 bridgehead atoms. The van der Waals surface area contributed by atoms with Crippen molar-refractivity contribution in [3.05, 3.63) is 56.4 Å². The van der Waals surface area contributed by atoms with Crippen molar-refractivity contribution in [2.75, 3.05) is 6.61 Å². The van der Waals surface area contributed by atoms with E-state index in [-0.39, 0.29) is 5.69 Å². The molecule has 2 aromatic rings. The van der Waals surface area contributed by atoms with Crippen LogP contribution in [-0.4, -0.2) is 43.5 Å². The van der Waals surface area contributed by atoms with Gasteiger partial charge in [-0.1, -0.05) is 18.5 Å². The minimum Gasteiger partial charge on any atom is -0.394 e. The molecule has 0 saturated heterocycles. The first-order valence-electron chi connectivity index (χ1n) is 8.76. The highest BCUT2D eigenvalue weighted by molar-refractivity contribution is 6.31. The van der Waals surface area contributed by atoms with Crippen LogP contribution in [0.1, 0.15) is 42.4 Å². The van der Waals surface area contributed by atoms with Crippen LogP contribution in [0.2, 0.25) is 5.02 Å². The Kier molecular flexibility index (Phi) is 7.11. The number of hydrogen-bond acceptors (Lipinski definition) is 6. The van der Waals surface area contributed by atoms with Gasteiger partial charge in [-0.2, -0.15) is 5.10 Å². The molecular formula is C18H23ClN4O5. The number of hydrogen-bond donors (Lipinski definition) is 3. The summed E-state index contributed by atoms with van der Waals surface area (Å²) in [6, 6.07) is 3.62. The van der Waals surface area contributed by atoms with Gasteiger partial charge in [-0.25, -0.2) is 0 Å². The monoisotopic (exact) mass is 410 g/mol. The first-order chi connectivity index (χ1) is 13.2. The Morgan fingerprint density at radius 2 is 1.96 bits per heavy atom. The normalized spacial score (nSPS) is 14.4. The van der Waals surface area contributed by atoms with Gasteiger partial charge >= 0.3 is 0 Å². The van der Waals surface area contributed by atoms with Gasteiger partial charge in [0.25, 0.3) is 5.69 Å². The SMILES string of the molecule is CCC(C(=O)NC(CO)C(O)c1ccc([N+](=O)[O-])cc1)n1nc(C)c(Cl)c1C. The summed E-state index contributed by atoms with van der Waals surface area (Å²) in [5.74, 6) is -0.426. The maximum atomic E-state index is 12.8. The van der Waals surface area contributed by atoms with Gasteiger partial charge in [0.15, 0.2) is 0 Å². The summed E-state index contributed by atoms with van der Waals surface area (Å²) in [4.78, 5) is 23.0. The molecule has 1 heterocycles. The number of aryl methyl sites for hydroxylation is 1. The van der Waals surface area contributed by atoms with Crippen molar-refractivity contribution in [1.29, 1.82) is 0 Å². The summed E-state index contributed by atoms with van der Waals surface area (Å²) in [5, 5.41) is 38.3.